The second kappa shape index (κ2) is 5.85. The molecule has 0 saturated carbocycles. The van der Waals surface area contributed by atoms with E-state index in [-0.39, 0.29) is 0 Å². The average Bonchev–Trinajstić information content (AvgIpc) is 2.94. The van der Waals surface area contributed by atoms with Gasteiger partial charge in [0.15, 0.2) is 0 Å². The molecule has 0 N–H and O–H groups in total. The summed E-state index contributed by atoms with van der Waals surface area (Å²) >= 11 is 23.7. The number of nitrogens with zero attached hydrogens (tertiary/aromatic N) is 2. The predicted molar refractivity (Wildman–Crippen MR) is 85.2 cm³/mol. The monoisotopic (exact) mass is 358 g/mol. The van der Waals surface area contributed by atoms with E-state index in [0.29, 0.717) is 43.0 Å². The highest BCUT2D eigenvalue weighted by atomic mass is 35.5. The smallest absolute Gasteiger partial charge is 0.248 e. The van der Waals surface area contributed by atoms with Crippen LogP contribution in [-0.4, -0.2) is 10.2 Å². The van der Waals surface area contributed by atoms with Gasteiger partial charge >= 0.3 is 0 Å². The molecule has 0 unspecified atom stereocenters. The molecule has 1 aromatic heterocycles. The summed E-state index contributed by atoms with van der Waals surface area (Å²) in [6.45, 7) is 0. The van der Waals surface area contributed by atoms with Crippen molar-refractivity contribution in [2.75, 3.05) is 0 Å². The predicted octanol–water partition coefficient (Wildman–Crippen LogP) is 6.02. The van der Waals surface area contributed by atoms with Gasteiger partial charge in [0, 0.05) is 11.1 Å². The Morgan fingerprint density at radius 2 is 1.05 bits per heavy atom. The lowest BCUT2D eigenvalue weighted by molar-refractivity contribution is 0.584. The van der Waals surface area contributed by atoms with Crippen LogP contribution in [0.3, 0.4) is 0 Å². The fourth-order valence-corrected chi connectivity index (χ4v) is 2.31. The Hall–Kier alpha value is -1.26. The fraction of sp³-hybridized carbons (Fsp3) is 0. The molecule has 0 radical (unpaired) electrons. The number of aromatic nitrogens is 2. The van der Waals surface area contributed by atoms with Gasteiger partial charge in [0.1, 0.15) is 0 Å². The van der Waals surface area contributed by atoms with Crippen molar-refractivity contribution < 1.29 is 4.42 Å². The zero-order valence-electron chi connectivity index (χ0n) is 10.3. The summed E-state index contributed by atoms with van der Waals surface area (Å²) < 4.78 is 5.62. The van der Waals surface area contributed by atoms with Crippen molar-refractivity contribution >= 4 is 46.4 Å². The fourth-order valence-electron chi connectivity index (χ4n) is 1.71. The van der Waals surface area contributed by atoms with Crippen LogP contribution in [0.15, 0.2) is 40.8 Å². The molecule has 0 aliphatic heterocycles. The van der Waals surface area contributed by atoms with Gasteiger partial charge in [0.25, 0.3) is 0 Å². The summed E-state index contributed by atoms with van der Waals surface area (Å²) in [7, 11) is 0. The van der Waals surface area contributed by atoms with E-state index >= 15 is 0 Å². The van der Waals surface area contributed by atoms with E-state index in [1.165, 1.54) is 0 Å². The van der Waals surface area contributed by atoms with Crippen LogP contribution in [0.25, 0.3) is 22.9 Å². The molecule has 7 heteroatoms. The van der Waals surface area contributed by atoms with Gasteiger partial charge in [-0.15, -0.1) is 10.2 Å². The normalized spacial score (nSPS) is 10.9. The Balaban J connectivity index is 1.99. The van der Waals surface area contributed by atoms with E-state index in [0.717, 1.165) is 0 Å². The zero-order chi connectivity index (χ0) is 15.0. The molecule has 0 bridgehead atoms. The lowest BCUT2D eigenvalue weighted by atomic mass is 10.2. The van der Waals surface area contributed by atoms with Crippen LogP contribution >= 0.6 is 46.4 Å². The maximum Gasteiger partial charge on any atom is 0.248 e. The van der Waals surface area contributed by atoms with Gasteiger partial charge in [-0.2, -0.15) is 0 Å². The van der Waals surface area contributed by atoms with Crippen molar-refractivity contribution in [3.05, 3.63) is 56.5 Å². The van der Waals surface area contributed by atoms with Gasteiger partial charge in [-0.3, -0.25) is 0 Å². The highest BCUT2D eigenvalue weighted by Crippen LogP contribution is 2.31. The largest absolute Gasteiger partial charge is 0.416 e. The van der Waals surface area contributed by atoms with E-state index in [1.54, 1.807) is 36.4 Å². The molecular weight excluding hydrogens is 354 g/mol. The first-order valence-corrected chi connectivity index (χ1v) is 7.30. The first kappa shape index (κ1) is 14.7. The second-order valence-corrected chi connectivity index (χ2v) is 5.80. The van der Waals surface area contributed by atoms with Crippen LogP contribution < -0.4 is 0 Å². The zero-order valence-corrected chi connectivity index (χ0v) is 13.3. The minimum Gasteiger partial charge on any atom is -0.416 e. The number of hydrogen-bond acceptors (Lipinski definition) is 3. The summed E-state index contributed by atoms with van der Waals surface area (Å²) in [6, 6.07) is 10.2. The summed E-state index contributed by atoms with van der Waals surface area (Å²) in [5.74, 6) is 0.685. The van der Waals surface area contributed by atoms with Crippen molar-refractivity contribution in [1.82, 2.24) is 10.2 Å². The van der Waals surface area contributed by atoms with E-state index in [1.807, 2.05) is 0 Å². The molecule has 3 aromatic rings. The third kappa shape index (κ3) is 3.01. The molecule has 0 amide bonds. The number of hydrogen-bond donors (Lipinski definition) is 0. The molecular formula is C14H6Cl4N2O. The average molecular weight is 360 g/mol. The SMILES string of the molecule is Clc1ccc(-c2nnc(-c3ccc(Cl)c(Cl)c3)o2)cc1Cl. The van der Waals surface area contributed by atoms with Crippen molar-refractivity contribution in [2.45, 2.75) is 0 Å². The number of halogens is 4. The van der Waals surface area contributed by atoms with Gasteiger partial charge in [-0.25, -0.2) is 0 Å². The summed E-state index contributed by atoms with van der Waals surface area (Å²) in [6.07, 6.45) is 0. The summed E-state index contributed by atoms with van der Waals surface area (Å²) in [5.41, 5.74) is 1.37. The van der Waals surface area contributed by atoms with Gasteiger partial charge in [-0.1, -0.05) is 46.4 Å². The highest BCUT2D eigenvalue weighted by Gasteiger charge is 2.12. The van der Waals surface area contributed by atoms with E-state index in [9.17, 15) is 0 Å². The third-order valence-electron chi connectivity index (χ3n) is 2.76. The molecule has 0 fully saturated rings. The van der Waals surface area contributed by atoms with Gasteiger partial charge in [0.05, 0.1) is 20.1 Å². The van der Waals surface area contributed by atoms with Crippen LogP contribution in [0, 0.1) is 0 Å². The van der Waals surface area contributed by atoms with Crippen LogP contribution in [-0.2, 0) is 0 Å². The van der Waals surface area contributed by atoms with E-state index in [2.05, 4.69) is 10.2 Å². The van der Waals surface area contributed by atoms with Crippen LogP contribution in [0.5, 0.6) is 0 Å². The molecule has 2 aromatic carbocycles. The molecule has 0 spiro atoms. The lowest BCUT2D eigenvalue weighted by Crippen LogP contribution is -1.78. The Morgan fingerprint density at radius 3 is 1.43 bits per heavy atom. The van der Waals surface area contributed by atoms with Crippen LogP contribution in [0.1, 0.15) is 0 Å². The minimum absolute atomic E-state index is 0.342. The van der Waals surface area contributed by atoms with E-state index < -0.39 is 0 Å². The number of rotatable bonds is 2. The first-order chi connectivity index (χ1) is 10.0. The van der Waals surface area contributed by atoms with Gasteiger partial charge in [-0.05, 0) is 36.4 Å². The van der Waals surface area contributed by atoms with E-state index in [4.69, 9.17) is 50.8 Å². The van der Waals surface area contributed by atoms with Gasteiger partial charge < -0.3 is 4.42 Å². The Labute approximate surface area is 140 Å². The summed E-state index contributed by atoms with van der Waals surface area (Å²) in [4.78, 5) is 0. The topological polar surface area (TPSA) is 38.9 Å². The highest BCUT2D eigenvalue weighted by molar-refractivity contribution is 6.42. The van der Waals surface area contributed by atoms with Crippen LogP contribution in [0.2, 0.25) is 20.1 Å². The maximum atomic E-state index is 5.97. The van der Waals surface area contributed by atoms with Crippen molar-refractivity contribution in [1.29, 1.82) is 0 Å². The Morgan fingerprint density at radius 1 is 0.619 bits per heavy atom. The molecule has 3 rings (SSSR count). The molecule has 0 aliphatic carbocycles. The minimum atomic E-state index is 0.342. The summed E-state index contributed by atoms with van der Waals surface area (Å²) in [5, 5.41) is 9.75. The van der Waals surface area contributed by atoms with Crippen molar-refractivity contribution in [2.24, 2.45) is 0 Å². The molecule has 21 heavy (non-hydrogen) atoms. The molecule has 0 atom stereocenters. The lowest BCUT2D eigenvalue weighted by Gasteiger charge is -1.99. The van der Waals surface area contributed by atoms with Crippen molar-refractivity contribution in [3.63, 3.8) is 0 Å². The van der Waals surface area contributed by atoms with Crippen LogP contribution in [0.4, 0.5) is 0 Å². The molecule has 0 aliphatic rings. The van der Waals surface area contributed by atoms with Crippen molar-refractivity contribution in [3.8, 4) is 22.9 Å². The van der Waals surface area contributed by atoms with Gasteiger partial charge in [0.2, 0.25) is 11.8 Å². The molecule has 106 valence electrons. The third-order valence-corrected chi connectivity index (χ3v) is 4.24. The maximum absolute atomic E-state index is 5.97. The molecule has 0 saturated heterocycles. The first-order valence-electron chi connectivity index (χ1n) is 5.79. The quantitative estimate of drug-likeness (QED) is 0.561. The molecule has 3 nitrogen and oxygen atoms in total. The number of benzene rings is 2. The standard InChI is InChI=1S/C14H6Cl4N2O/c15-9-3-1-7(5-11(9)17)13-19-20-14(21-13)8-2-4-10(16)12(18)6-8/h1-6H. The Kier molecular flexibility index (Phi) is 4.09. The Bertz CT molecular complexity index is 750. The molecule has 1 heterocycles. The second-order valence-electron chi connectivity index (χ2n) is 4.17.